The molecule has 10 heteroatoms. The van der Waals surface area contributed by atoms with E-state index in [0.717, 1.165) is 56.4 Å². The molecule has 1 aromatic rings. The molecule has 2 saturated heterocycles. The van der Waals surface area contributed by atoms with E-state index in [1.54, 1.807) is 17.6 Å². The molecule has 0 aromatic carbocycles. The van der Waals surface area contributed by atoms with Gasteiger partial charge in [0.1, 0.15) is 21.8 Å². The first-order valence-electron chi connectivity index (χ1n) is 11.6. The first kappa shape index (κ1) is 26.0. The Hall–Kier alpha value is -2.64. The molecule has 0 saturated carbocycles. The number of carbonyl (C=O) groups excluding carboxylic acids is 1. The van der Waals surface area contributed by atoms with Gasteiger partial charge in [-0.25, -0.2) is 0 Å². The molecule has 8 nitrogen and oxygen atoms in total. The van der Waals surface area contributed by atoms with E-state index in [1.807, 2.05) is 0 Å². The van der Waals surface area contributed by atoms with E-state index in [2.05, 4.69) is 24.8 Å². The van der Waals surface area contributed by atoms with Gasteiger partial charge in [0.2, 0.25) is 0 Å². The quantitative estimate of drug-likeness (QED) is 0.423. The van der Waals surface area contributed by atoms with Crippen molar-refractivity contribution in [2.45, 2.75) is 59.4 Å². The second-order valence-corrected chi connectivity index (χ2v) is 10.5. The minimum absolute atomic E-state index is 0.00658. The largest absolute Gasteiger partial charge is 0.481 e. The van der Waals surface area contributed by atoms with Crippen molar-refractivity contribution < 1.29 is 14.7 Å². The second kappa shape index (κ2) is 11.2. The fourth-order valence-corrected chi connectivity index (χ4v) is 5.55. The number of hydrogen-bond donors (Lipinski definition) is 1. The van der Waals surface area contributed by atoms with Crippen LogP contribution in [0.15, 0.2) is 9.70 Å². The zero-order valence-corrected chi connectivity index (χ0v) is 21.4. The monoisotopic (exact) mass is 502 g/mol. The Labute approximate surface area is 209 Å². The molecule has 0 spiro atoms. The van der Waals surface area contributed by atoms with Gasteiger partial charge in [0, 0.05) is 31.7 Å². The summed E-state index contributed by atoms with van der Waals surface area (Å²) in [5.74, 6) is -0.00559. The van der Waals surface area contributed by atoms with Crippen LogP contribution >= 0.6 is 24.0 Å². The van der Waals surface area contributed by atoms with Crippen molar-refractivity contribution in [1.82, 2.24) is 9.47 Å². The number of carboxylic acid groups (broad SMARTS) is 1. The summed E-state index contributed by atoms with van der Waals surface area (Å²) in [5.41, 5.74) is 1.01. The Bertz CT molecular complexity index is 1130. The molecule has 3 heterocycles. The fraction of sp³-hybridized carbons (Fsp3) is 0.542. The molecule has 2 aliphatic heterocycles. The molecule has 3 rings (SSSR count). The van der Waals surface area contributed by atoms with E-state index < -0.39 is 5.97 Å². The number of unbranched alkanes of at least 4 members (excludes halogenated alkanes) is 1. The van der Waals surface area contributed by atoms with Crippen molar-refractivity contribution in [2.24, 2.45) is 5.92 Å². The zero-order chi connectivity index (χ0) is 25.0. The number of carboxylic acids is 1. The van der Waals surface area contributed by atoms with E-state index in [4.69, 9.17) is 17.3 Å². The van der Waals surface area contributed by atoms with E-state index in [1.165, 1.54) is 4.90 Å². The molecule has 0 aliphatic carbocycles. The van der Waals surface area contributed by atoms with Crippen LogP contribution in [0.4, 0.5) is 5.82 Å². The number of anilines is 1. The number of rotatable bonds is 8. The van der Waals surface area contributed by atoms with Gasteiger partial charge in [0.15, 0.2) is 0 Å². The van der Waals surface area contributed by atoms with Gasteiger partial charge in [0.05, 0.1) is 11.3 Å². The number of amides is 1. The lowest BCUT2D eigenvalue weighted by molar-refractivity contribution is -0.137. The first-order chi connectivity index (χ1) is 16.2. The van der Waals surface area contributed by atoms with Crippen LogP contribution in [-0.2, 0) is 16.1 Å². The summed E-state index contributed by atoms with van der Waals surface area (Å²) in [4.78, 5) is 41.2. The number of nitrogens with zero attached hydrogens (tertiary/aromatic N) is 4. The van der Waals surface area contributed by atoms with Crippen LogP contribution in [-0.4, -0.2) is 50.4 Å². The third kappa shape index (κ3) is 5.36. The summed E-state index contributed by atoms with van der Waals surface area (Å²) in [5, 5.41) is 18.8. The van der Waals surface area contributed by atoms with Gasteiger partial charge in [-0.3, -0.25) is 23.9 Å². The minimum Gasteiger partial charge on any atom is -0.481 e. The van der Waals surface area contributed by atoms with Crippen LogP contribution in [0, 0.1) is 24.2 Å². The number of thioether (sulfide) groups is 1. The van der Waals surface area contributed by atoms with Gasteiger partial charge in [-0.2, -0.15) is 5.26 Å². The van der Waals surface area contributed by atoms with Gasteiger partial charge in [-0.15, -0.1) is 0 Å². The Balaban J connectivity index is 2.16. The lowest BCUT2D eigenvalue weighted by Crippen LogP contribution is -2.39. The van der Waals surface area contributed by atoms with Gasteiger partial charge >= 0.3 is 5.97 Å². The van der Waals surface area contributed by atoms with Crippen LogP contribution in [0.2, 0.25) is 0 Å². The third-order valence-electron chi connectivity index (χ3n) is 6.36. The van der Waals surface area contributed by atoms with Crippen LogP contribution in [0.25, 0.3) is 6.08 Å². The molecule has 34 heavy (non-hydrogen) atoms. The Morgan fingerprint density at radius 1 is 1.29 bits per heavy atom. The highest BCUT2D eigenvalue weighted by atomic mass is 32.2. The average Bonchev–Trinajstić information content (AvgIpc) is 3.06. The van der Waals surface area contributed by atoms with Crippen molar-refractivity contribution in [3.8, 4) is 6.07 Å². The summed E-state index contributed by atoms with van der Waals surface area (Å²) >= 11 is 6.46. The van der Waals surface area contributed by atoms with Crippen molar-refractivity contribution >= 4 is 52.1 Å². The van der Waals surface area contributed by atoms with Crippen LogP contribution in [0.3, 0.4) is 0 Å². The third-order valence-corrected chi connectivity index (χ3v) is 7.74. The van der Waals surface area contributed by atoms with Crippen LogP contribution in [0.1, 0.15) is 62.6 Å². The van der Waals surface area contributed by atoms with E-state index >= 15 is 0 Å². The maximum atomic E-state index is 13.3. The highest BCUT2D eigenvalue weighted by molar-refractivity contribution is 8.26. The fourth-order valence-electron chi connectivity index (χ4n) is 4.26. The summed E-state index contributed by atoms with van der Waals surface area (Å²) in [6, 6.07) is 2.07. The zero-order valence-electron chi connectivity index (χ0n) is 19.8. The summed E-state index contributed by atoms with van der Waals surface area (Å²) in [6.45, 7) is 8.10. The number of carbonyl (C=O) groups is 2. The Morgan fingerprint density at radius 3 is 2.56 bits per heavy atom. The second-order valence-electron chi connectivity index (χ2n) is 8.81. The lowest BCUT2D eigenvalue weighted by Gasteiger charge is -2.35. The molecule has 0 unspecified atom stereocenters. The predicted molar refractivity (Wildman–Crippen MR) is 138 cm³/mol. The van der Waals surface area contributed by atoms with Crippen molar-refractivity contribution in [3.05, 3.63) is 31.9 Å². The van der Waals surface area contributed by atoms with Gasteiger partial charge < -0.3 is 10.0 Å². The Morgan fingerprint density at radius 2 is 1.97 bits per heavy atom. The smallest absolute Gasteiger partial charge is 0.305 e. The van der Waals surface area contributed by atoms with E-state index in [9.17, 15) is 19.6 Å². The number of aromatic nitrogens is 1. The standard InChI is InChI=1S/C24H30N4O4S2/c1-4-5-9-27-21(26-10-6-15(2)7-11-26)17(16(3)18(14-25)22(27)31)13-19-23(32)28(24(33)34-19)12-8-20(29)30/h13,15H,4-12H2,1-3H3,(H,29,30). The summed E-state index contributed by atoms with van der Waals surface area (Å²) in [6.07, 6.45) is 5.22. The number of thiocarbonyl (C=S) groups is 1. The molecular weight excluding hydrogens is 472 g/mol. The molecule has 0 radical (unpaired) electrons. The predicted octanol–water partition coefficient (Wildman–Crippen LogP) is 3.74. The van der Waals surface area contributed by atoms with Crippen LogP contribution in [0.5, 0.6) is 0 Å². The van der Waals surface area contributed by atoms with Crippen molar-refractivity contribution in [2.75, 3.05) is 24.5 Å². The number of pyridine rings is 1. The molecule has 0 bridgehead atoms. The highest BCUT2D eigenvalue weighted by Crippen LogP contribution is 2.36. The van der Waals surface area contributed by atoms with Gasteiger partial charge in [-0.05, 0) is 43.7 Å². The number of nitriles is 1. The SMILES string of the molecule is CCCCn1c(N2CCC(C)CC2)c(C=C2SC(=S)N(CCC(=O)O)C2=O)c(C)c(C#N)c1=O. The molecule has 2 aliphatic rings. The molecular formula is C24H30N4O4S2. The van der Waals surface area contributed by atoms with Crippen molar-refractivity contribution in [3.63, 3.8) is 0 Å². The maximum Gasteiger partial charge on any atom is 0.305 e. The molecule has 1 N–H and O–H groups in total. The average molecular weight is 503 g/mol. The normalized spacial score (nSPS) is 18.1. The minimum atomic E-state index is -1.00. The topological polar surface area (TPSA) is 107 Å². The van der Waals surface area contributed by atoms with E-state index in [-0.39, 0.29) is 30.0 Å². The highest BCUT2D eigenvalue weighted by Gasteiger charge is 2.33. The molecule has 1 amide bonds. The maximum absolute atomic E-state index is 13.3. The van der Waals surface area contributed by atoms with Crippen molar-refractivity contribution in [1.29, 1.82) is 5.26 Å². The molecule has 182 valence electrons. The summed E-state index contributed by atoms with van der Waals surface area (Å²) < 4.78 is 2.01. The number of aliphatic carboxylic acids is 1. The molecule has 1 aromatic heterocycles. The van der Waals surface area contributed by atoms with Gasteiger partial charge in [-0.1, -0.05) is 44.2 Å². The van der Waals surface area contributed by atoms with Gasteiger partial charge in [0.25, 0.3) is 11.5 Å². The lowest BCUT2D eigenvalue weighted by atomic mass is 9.97. The van der Waals surface area contributed by atoms with Crippen LogP contribution < -0.4 is 10.5 Å². The summed E-state index contributed by atoms with van der Waals surface area (Å²) in [7, 11) is 0. The molecule has 2 fully saturated rings. The Kier molecular flexibility index (Phi) is 8.55. The molecule has 0 atom stereocenters. The van der Waals surface area contributed by atoms with E-state index in [0.29, 0.717) is 32.8 Å². The first-order valence-corrected chi connectivity index (χ1v) is 12.8. The number of piperidine rings is 1. The number of hydrogen-bond acceptors (Lipinski definition) is 7.